The Bertz CT molecular complexity index is 1080. The minimum atomic E-state index is -0.251. The number of pyridine rings is 1. The number of hydrogen-bond acceptors (Lipinski definition) is 6. The summed E-state index contributed by atoms with van der Waals surface area (Å²) in [4.78, 5) is 29.7. The van der Waals surface area contributed by atoms with Crippen molar-refractivity contribution in [1.29, 1.82) is 0 Å². The number of benzene rings is 1. The Morgan fingerprint density at radius 3 is 2.94 bits per heavy atom. The molecule has 0 aliphatic carbocycles. The molecule has 1 aromatic carbocycles. The van der Waals surface area contributed by atoms with Gasteiger partial charge < -0.3 is 21.4 Å². The zero-order chi connectivity index (χ0) is 22.3. The van der Waals surface area contributed by atoms with E-state index in [-0.39, 0.29) is 23.7 Å². The smallest absolute Gasteiger partial charge is 0.252 e. The van der Waals surface area contributed by atoms with E-state index in [0.29, 0.717) is 43.9 Å². The van der Waals surface area contributed by atoms with Gasteiger partial charge >= 0.3 is 0 Å². The van der Waals surface area contributed by atoms with E-state index in [1.165, 1.54) is 18.3 Å². The third-order valence-electron chi connectivity index (χ3n) is 5.03. The van der Waals surface area contributed by atoms with Crippen LogP contribution in [-0.2, 0) is 11.2 Å². The molecule has 10 heteroatoms. The van der Waals surface area contributed by atoms with E-state index in [9.17, 15) is 14.0 Å². The maximum absolute atomic E-state index is 13.2. The molecule has 32 heavy (non-hydrogen) atoms. The number of aromatic nitrogens is 3. The second-order valence-corrected chi connectivity index (χ2v) is 7.50. The van der Waals surface area contributed by atoms with Crippen molar-refractivity contribution in [3.05, 3.63) is 71.9 Å². The monoisotopic (exact) mass is 437 g/mol. The Morgan fingerprint density at radius 2 is 2.16 bits per heavy atom. The minimum absolute atomic E-state index is 0.0782. The second kappa shape index (κ2) is 10.0. The van der Waals surface area contributed by atoms with Crippen molar-refractivity contribution < 1.29 is 14.0 Å². The molecule has 1 saturated heterocycles. The molecule has 166 valence electrons. The fourth-order valence-corrected chi connectivity index (χ4v) is 3.38. The molecule has 1 aliphatic heterocycles. The van der Waals surface area contributed by atoms with Crippen molar-refractivity contribution >= 4 is 11.8 Å². The van der Waals surface area contributed by atoms with Crippen molar-refractivity contribution in [2.24, 2.45) is 0 Å². The Balaban J connectivity index is 1.27. The Hall–Kier alpha value is -3.79. The number of amides is 2. The molecular formula is C22H24FN7O2. The highest BCUT2D eigenvalue weighted by atomic mass is 19.1. The molecule has 0 unspecified atom stereocenters. The van der Waals surface area contributed by atoms with E-state index in [4.69, 9.17) is 0 Å². The van der Waals surface area contributed by atoms with Gasteiger partial charge in [-0.15, -0.1) is 0 Å². The average Bonchev–Trinajstić information content (AvgIpc) is 3.27. The van der Waals surface area contributed by atoms with Crippen LogP contribution in [0, 0.1) is 5.82 Å². The molecular weight excluding hydrogens is 413 g/mol. The second-order valence-electron chi connectivity index (χ2n) is 7.50. The first-order chi connectivity index (χ1) is 15.6. The highest BCUT2D eigenvalue weighted by molar-refractivity contribution is 5.94. The lowest BCUT2D eigenvalue weighted by atomic mass is 10.1. The summed E-state index contributed by atoms with van der Waals surface area (Å²) in [5, 5.41) is 12.9. The van der Waals surface area contributed by atoms with Crippen LogP contribution in [0.1, 0.15) is 15.9 Å². The summed E-state index contributed by atoms with van der Waals surface area (Å²) in [6.07, 6.45) is 5.65. The predicted octanol–water partition coefficient (Wildman–Crippen LogP) is 0.688. The van der Waals surface area contributed by atoms with E-state index in [1.54, 1.807) is 35.4 Å². The van der Waals surface area contributed by atoms with Crippen molar-refractivity contribution in [3.8, 4) is 11.3 Å². The van der Waals surface area contributed by atoms with Crippen LogP contribution in [0.5, 0.6) is 0 Å². The van der Waals surface area contributed by atoms with E-state index < -0.39 is 0 Å². The fourth-order valence-electron chi connectivity index (χ4n) is 3.38. The summed E-state index contributed by atoms with van der Waals surface area (Å²) in [5.74, 6) is -0.575. The molecule has 0 radical (unpaired) electrons. The van der Waals surface area contributed by atoms with Gasteiger partial charge in [0.25, 0.3) is 5.91 Å². The Labute approximate surface area is 184 Å². The molecule has 3 heterocycles. The van der Waals surface area contributed by atoms with Gasteiger partial charge in [0.05, 0.1) is 36.2 Å². The lowest BCUT2D eigenvalue weighted by Crippen LogP contribution is -2.56. The van der Waals surface area contributed by atoms with Crippen LogP contribution in [0.25, 0.3) is 11.3 Å². The SMILES string of the molecule is O=C1CNC[C@@H](CNC(=O)c2ccc(-c3cnn(NCCc4cccc(F)c4)c3)nc2)N1. The van der Waals surface area contributed by atoms with Crippen LogP contribution in [0.4, 0.5) is 4.39 Å². The number of nitrogens with zero attached hydrogens (tertiary/aromatic N) is 3. The molecule has 0 spiro atoms. The highest BCUT2D eigenvalue weighted by Gasteiger charge is 2.18. The van der Waals surface area contributed by atoms with Gasteiger partial charge in [0.15, 0.2) is 0 Å². The van der Waals surface area contributed by atoms with E-state index in [1.807, 2.05) is 6.07 Å². The molecule has 0 bridgehead atoms. The fraction of sp³-hybridized carbons (Fsp3) is 0.273. The first kappa shape index (κ1) is 21.4. The minimum Gasteiger partial charge on any atom is -0.350 e. The van der Waals surface area contributed by atoms with Crippen molar-refractivity contribution in [2.75, 3.05) is 31.6 Å². The van der Waals surface area contributed by atoms with Gasteiger partial charge in [-0.2, -0.15) is 9.89 Å². The largest absolute Gasteiger partial charge is 0.350 e. The lowest BCUT2D eigenvalue weighted by Gasteiger charge is -2.24. The van der Waals surface area contributed by atoms with Crippen molar-refractivity contribution in [2.45, 2.75) is 12.5 Å². The van der Waals surface area contributed by atoms with Crippen LogP contribution >= 0.6 is 0 Å². The van der Waals surface area contributed by atoms with Crippen LogP contribution in [-0.4, -0.2) is 58.9 Å². The Kier molecular flexibility index (Phi) is 6.71. The van der Waals surface area contributed by atoms with Gasteiger partial charge in [-0.3, -0.25) is 14.6 Å². The average molecular weight is 437 g/mol. The zero-order valence-corrected chi connectivity index (χ0v) is 17.3. The molecule has 1 atom stereocenters. The van der Waals surface area contributed by atoms with E-state index in [0.717, 1.165) is 11.1 Å². The maximum Gasteiger partial charge on any atom is 0.252 e. The lowest BCUT2D eigenvalue weighted by molar-refractivity contribution is -0.122. The summed E-state index contributed by atoms with van der Waals surface area (Å²) < 4.78 is 13.2. The highest BCUT2D eigenvalue weighted by Crippen LogP contribution is 2.15. The van der Waals surface area contributed by atoms with E-state index >= 15 is 0 Å². The molecule has 4 N–H and O–H groups in total. The number of carbonyl (C=O) groups excluding carboxylic acids is 2. The van der Waals surface area contributed by atoms with Crippen molar-refractivity contribution in [3.63, 3.8) is 0 Å². The van der Waals surface area contributed by atoms with Gasteiger partial charge in [-0.1, -0.05) is 12.1 Å². The summed E-state index contributed by atoms with van der Waals surface area (Å²) in [5.41, 5.74) is 5.96. The molecule has 2 aromatic heterocycles. The predicted molar refractivity (Wildman–Crippen MR) is 117 cm³/mol. The molecule has 4 rings (SSSR count). The quantitative estimate of drug-likeness (QED) is 0.413. The van der Waals surface area contributed by atoms with Crippen molar-refractivity contribution in [1.82, 2.24) is 30.8 Å². The summed E-state index contributed by atoms with van der Waals surface area (Å²) in [6, 6.07) is 9.83. The molecule has 2 amide bonds. The summed E-state index contributed by atoms with van der Waals surface area (Å²) in [7, 11) is 0. The molecule has 0 saturated carbocycles. The zero-order valence-electron chi connectivity index (χ0n) is 17.3. The number of halogens is 1. The van der Waals surface area contributed by atoms with Gasteiger partial charge in [0, 0.05) is 31.4 Å². The van der Waals surface area contributed by atoms with Gasteiger partial charge in [0.1, 0.15) is 5.82 Å². The third kappa shape index (κ3) is 5.67. The number of piperazine rings is 1. The van der Waals surface area contributed by atoms with Gasteiger partial charge in [-0.25, -0.2) is 4.39 Å². The van der Waals surface area contributed by atoms with Gasteiger partial charge in [-0.05, 0) is 36.2 Å². The van der Waals surface area contributed by atoms with E-state index in [2.05, 4.69) is 31.5 Å². The number of hydrogen-bond donors (Lipinski definition) is 4. The normalized spacial score (nSPS) is 15.8. The van der Waals surface area contributed by atoms with Crippen LogP contribution < -0.4 is 21.4 Å². The first-order valence-corrected chi connectivity index (χ1v) is 10.3. The standard InChI is InChI=1S/C22H24FN7O2/c23-18-3-1-2-15(8-18)6-7-27-30-14-17(10-28-30)20-5-4-16(9-25-20)22(32)26-12-19-11-24-13-21(31)29-19/h1-5,8-10,14,19,24,27H,6-7,11-13H2,(H,26,32)(H,29,31)/t19-/m0/s1. The molecule has 3 aromatic rings. The first-order valence-electron chi connectivity index (χ1n) is 10.3. The summed E-state index contributed by atoms with van der Waals surface area (Å²) in [6.45, 7) is 1.85. The van der Waals surface area contributed by atoms with Crippen LogP contribution in [0.15, 0.2) is 55.0 Å². The van der Waals surface area contributed by atoms with Gasteiger partial charge in [0.2, 0.25) is 5.91 Å². The Morgan fingerprint density at radius 1 is 1.25 bits per heavy atom. The topological polar surface area (TPSA) is 113 Å². The third-order valence-corrected chi connectivity index (χ3v) is 5.03. The summed E-state index contributed by atoms with van der Waals surface area (Å²) >= 11 is 0. The number of nitrogens with one attached hydrogen (secondary N) is 4. The molecule has 9 nitrogen and oxygen atoms in total. The van der Waals surface area contributed by atoms with Crippen LogP contribution in [0.2, 0.25) is 0 Å². The molecule has 1 aliphatic rings. The number of rotatable bonds is 8. The molecule has 1 fully saturated rings. The van der Waals surface area contributed by atoms with Crippen LogP contribution in [0.3, 0.4) is 0 Å². The number of carbonyl (C=O) groups is 2. The maximum atomic E-state index is 13.2.